The van der Waals surface area contributed by atoms with E-state index in [-0.39, 0.29) is 11.8 Å². The van der Waals surface area contributed by atoms with E-state index in [1.165, 1.54) is 18.0 Å². The van der Waals surface area contributed by atoms with Crippen LogP contribution >= 0.6 is 11.8 Å². The van der Waals surface area contributed by atoms with Gasteiger partial charge in [-0.25, -0.2) is 19.9 Å². The van der Waals surface area contributed by atoms with Gasteiger partial charge in [-0.05, 0) is 107 Å². The zero-order chi connectivity index (χ0) is 36.2. The van der Waals surface area contributed by atoms with Gasteiger partial charge >= 0.3 is 0 Å². The summed E-state index contributed by atoms with van der Waals surface area (Å²) in [5, 5.41) is 1.40. The van der Waals surface area contributed by atoms with Crippen molar-refractivity contribution in [2.24, 2.45) is 0 Å². The maximum absolute atomic E-state index is 12.8. The van der Waals surface area contributed by atoms with Crippen LogP contribution in [0.3, 0.4) is 0 Å². The summed E-state index contributed by atoms with van der Waals surface area (Å²) in [5.41, 5.74) is 5.28. The summed E-state index contributed by atoms with van der Waals surface area (Å²) >= 11 is 1.38. The van der Waals surface area contributed by atoms with Crippen LogP contribution in [0.15, 0.2) is 120 Å². The summed E-state index contributed by atoms with van der Waals surface area (Å²) in [6.45, 7) is 10.7. The number of aromatic nitrogens is 7. The predicted molar refractivity (Wildman–Crippen MR) is 196 cm³/mol. The maximum atomic E-state index is 12.8. The van der Waals surface area contributed by atoms with E-state index in [9.17, 15) is 9.59 Å². The van der Waals surface area contributed by atoms with Crippen molar-refractivity contribution in [3.05, 3.63) is 138 Å². The summed E-state index contributed by atoms with van der Waals surface area (Å²) in [6, 6.07) is 19.9. The lowest BCUT2D eigenvalue weighted by Gasteiger charge is -2.20. The Morgan fingerprint density at radius 2 is 1.24 bits per heavy atom. The van der Waals surface area contributed by atoms with Crippen molar-refractivity contribution in [1.29, 1.82) is 0 Å². The van der Waals surface area contributed by atoms with Crippen LogP contribution in [0.2, 0.25) is 0 Å². The highest BCUT2D eigenvalue weighted by atomic mass is 32.2. The molecule has 0 saturated heterocycles. The standard InChI is InChI=1S/C19H19N5OS.C19H18N4O2/c1-4-24(16-6-5-9-20-12-16)18(25)15-7-8-17(21-11-15)26-19-22-13(2)10-14(3)23-19;1-3-23(16-5-4-10-20-12-16)19(24)15-7-9-18(22-11-15)25-17-8-6-14(2)21-13-17/h5-12H,4H2,1-3H3;4-13H,3H2,1-2H3. The Hall–Kier alpha value is -6.08. The van der Waals surface area contributed by atoms with Gasteiger partial charge in [0.25, 0.3) is 11.8 Å². The van der Waals surface area contributed by atoms with Gasteiger partial charge in [0.15, 0.2) is 5.16 Å². The number of rotatable bonds is 10. The first-order valence-corrected chi connectivity index (χ1v) is 17.0. The smallest absolute Gasteiger partial charge is 0.259 e. The van der Waals surface area contributed by atoms with Gasteiger partial charge < -0.3 is 14.5 Å². The zero-order valence-corrected chi connectivity index (χ0v) is 29.8. The third kappa shape index (κ3) is 9.98. The van der Waals surface area contributed by atoms with Gasteiger partial charge in [0.2, 0.25) is 5.88 Å². The van der Waals surface area contributed by atoms with E-state index in [0.717, 1.165) is 33.5 Å². The first-order chi connectivity index (χ1) is 24.7. The minimum absolute atomic E-state index is 0.104. The number of ether oxygens (including phenoxy) is 1. The van der Waals surface area contributed by atoms with E-state index in [4.69, 9.17) is 4.74 Å². The summed E-state index contributed by atoms with van der Waals surface area (Å²) in [4.78, 5) is 58.5. The molecule has 0 bridgehead atoms. The highest BCUT2D eigenvalue weighted by Crippen LogP contribution is 2.24. The van der Waals surface area contributed by atoms with Crippen molar-refractivity contribution < 1.29 is 14.3 Å². The summed E-state index contributed by atoms with van der Waals surface area (Å²) in [6.07, 6.45) is 11.4. The van der Waals surface area contributed by atoms with Crippen LogP contribution in [0.1, 0.15) is 51.6 Å². The molecule has 0 aromatic carbocycles. The molecule has 12 nitrogen and oxygen atoms in total. The molecule has 6 rings (SSSR count). The molecule has 0 atom stereocenters. The van der Waals surface area contributed by atoms with Gasteiger partial charge in [-0.1, -0.05) is 0 Å². The molecule has 0 aliphatic rings. The van der Waals surface area contributed by atoms with Crippen molar-refractivity contribution in [1.82, 2.24) is 34.9 Å². The fourth-order valence-corrected chi connectivity index (χ4v) is 5.64. The average Bonchev–Trinajstić information content (AvgIpc) is 3.14. The Morgan fingerprint density at radius 3 is 1.69 bits per heavy atom. The lowest BCUT2D eigenvalue weighted by atomic mass is 10.2. The molecule has 2 amide bonds. The number of pyridine rings is 5. The number of nitrogens with zero attached hydrogens (tertiary/aromatic N) is 9. The van der Waals surface area contributed by atoms with Crippen LogP contribution in [-0.4, -0.2) is 59.8 Å². The van der Waals surface area contributed by atoms with Crippen LogP contribution in [0.25, 0.3) is 0 Å². The maximum Gasteiger partial charge on any atom is 0.259 e. The van der Waals surface area contributed by atoms with E-state index in [2.05, 4.69) is 34.9 Å². The molecule has 0 N–H and O–H groups in total. The molecule has 0 unspecified atom stereocenters. The lowest BCUT2D eigenvalue weighted by Crippen LogP contribution is -2.30. The SMILES string of the molecule is CCN(C(=O)c1ccc(Oc2ccc(C)nc2)nc1)c1cccnc1.CCN(C(=O)c1ccc(Sc2nc(C)cc(C)n2)nc1)c1cccnc1. The Bertz CT molecular complexity index is 2010. The van der Waals surface area contributed by atoms with Crippen LogP contribution in [0.4, 0.5) is 11.4 Å². The van der Waals surface area contributed by atoms with Gasteiger partial charge in [0, 0.05) is 61.0 Å². The number of carbonyl (C=O) groups excluding carboxylic acids is 2. The molecule has 0 fully saturated rings. The van der Waals surface area contributed by atoms with Crippen molar-refractivity contribution in [2.45, 2.75) is 44.8 Å². The van der Waals surface area contributed by atoms with Crippen molar-refractivity contribution in [2.75, 3.05) is 22.9 Å². The predicted octanol–water partition coefficient (Wildman–Crippen LogP) is 7.34. The molecule has 51 heavy (non-hydrogen) atoms. The quantitative estimate of drug-likeness (QED) is 0.133. The highest BCUT2D eigenvalue weighted by Gasteiger charge is 2.18. The molecule has 0 radical (unpaired) electrons. The molecule has 6 aromatic heterocycles. The van der Waals surface area contributed by atoms with Crippen LogP contribution in [0.5, 0.6) is 11.6 Å². The number of hydrogen-bond donors (Lipinski definition) is 0. The van der Waals surface area contributed by atoms with Gasteiger partial charge in [0.05, 0.1) is 41.1 Å². The molecule has 0 aliphatic heterocycles. The number of amides is 2. The van der Waals surface area contributed by atoms with Gasteiger partial charge in [-0.15, -0.1) is 0 Å². The Balaban J connectivity index is 0.000000198. The minimum atomic E-state index is -0.133. The van der Waals surface area contributed by atoms with E-state index in [1.807, 2.05) is 77.1 Å². The number of anilines is 2. The second-order valence-corrected chi connectivity index (χ2v) is 12.1. The Labute approximate surface area is 301 Å². The second-order valence-electron chi connectivity index (χ2n) is 11.1. The van der Waals surface area contributed by atoms with Crippen LogP contribution < -0.4 is 14.5 Å². The average molecular weight is 700 g/mol. The van der Waals surface area contributed by atoms with E-state index < -0.39 is 0 Å². The summed E-state index contributed by atoms with van der Waals surface area (Å²) in [5.74, 6) is 0.771. The van der Waals surface area contributed by atoms with E-state index in [1.54, 1.807) is 71.2 Å². The molecule has 0 saturated carbocycles. The fraction of sp³-hybridized carbons (Fsp3) is 0.184. The molecular formula is C38H37N9O3S. The highest BCUT2D eigenvalue weighted by molar-refractivity contribution is 7.99. The molecule has 13 heteroatoms. The topological polar surface area (TPSA) is 140 Å². The van der Waals surface area contributed by atoms with Crippen molar-refractivity contribution in [3.63, 3.8) is 0 Å². The van der Waals surface area contributed by atoms with E-state index in [0.29, 0.717) is 41.0 Å². The van der Waals surface area contributed by atoms with Gasteiger partial charge in [-0.2, -0.15) is 0 Å². The normalized spacial score (nSPS) is 10.5. The molecule has 6 heterocycles. The molecule has 258 valence electrons. The van der Waals surface area contributed by atoms with Gasteiger partial charge in [0.1, 0.15) is 10.8 Å². The zero-order valence-electron chi connectivity index (χ0n) is 29.0. The van der Waals surface area contributed by atoms with E-state index >= 15 is 0 Å². The first-order valence-electron chi connectivity index (χ1n) is 16.2. The third-order valence-electron chi connectivity index (χ3n) is 7.27. The molecule has 0 aliphatic carbocycles. The van der Waals surface area contributed by atoms with Crippen LogP contribution in [0, 0.1) is 20.8 Å². The number of carbonyl (C=O) groups is 2. The monoisotopic (exact) mass is 699 g/mol. The summed E-state index contributed by atoms with van der Waals surface area (Å²) < 4.78 is 5.63. The van der Waals surface area contributed by atoms with Gasteiger partial charge in [-0.3, -0.25) is 24.5 Å². The molecule has 0 spiro atoms. The fourth-order valence-electron chi connectivity index (χ4n) is 4.83. The second kappa shape index (κ2) is 17.5. The lowest BCUT2D eigenvalue weighted by molar-refractivity contribution is 0.0980. The third-order valence-corrected chi connectivity index (χ3v) is 8.08. The summed E-state index contributed by atoms with van der Waals surface area (Å²) in [7, 11) is 0. The first kappa shape index (κ1) is 36.2. The molecular weight excluding hydrogens is 663 g/mol. The molecule has 6 aromatic rings. The van der Waals surface area contributed by atoms with Crippen molar-refractivity contribution >= 4 is 35.0 Å². The van der Waals surface area contributed by atoms with Crippen LogP contribution in [-0.2, 0) is 0 Å². The largest absolute Gasteiger partial charge is 0.437 e. The van der Waals surface area contributed by atoms with Crippen molar-refractivity contribution in [3.8, 4) is 11.6 Å². The number of hydrogen-bond acceptors (Lipinski definition) is 11. The Morgan fingerprint density at radius 1 is 0.647 bits per heavy atom. The Kier molecular flexibility index (Phi) is 12.5. The minimum Gasteiger partial charge on any atom is -0.437 e. The number of aryl methyl sites for hydroxylation is 3.